The number of anilines is 1. The summed E-state index contributed by atoms with van der Waals surface area (Å²) in [7, 11) is 0. The Kier molecular flexibility index (Phi) is 9.43. The molecule has 5 rings (SSSR count). The molecule has 2 aliphatic heterocycles. The predicted octanol–water partition coefficient (Wildman–Crippen LogP) is 5.45. The largest absolute Gasteiger partial charge is 0.381 e. The Morgan fingerprint density at radius 1 is 1.07 bits per heavy atom. The second-order valence-electron chi connectivity index (χ2n) is 11.7. The predicted molar refractivity (Wildman–Crippen MR) is 166 cm³/mol. The highest BCUT2D eigenvalue weighted by molar-refractivity contribution is 5.99. The fraction of sp³-hybridized carbons (Fsp3) is 0.471. The topological polar surface area (TPSA) is 77.7 Å². The molecule has 1 amide bonds. The highest BCUT2D eigenvalue weighted by Crippen LogP contribution is 2.34. The first kappa shape index (κ1) is 30.0. The Bertz CT molecular complexity index is 1460. The van der Waals surface area contributed by atoms with Crippen LogP contribution in [0.4, 0.5) is 10.1 Å². The number of carbonyl (C=O) groups is 1. The van der Waals surface area contributed by atoms with Crippen molar-refractivity contribution in [2.45, 2.75) is 72.3 Å². The molecular formula is C34H43FN4O3. The van der Waals surface area contributed by atoms with Gasteiger partial charge in [-0.1, -0.05) is 24.3 Å². The van der Waals surface area contributed by atoms with Crippen molar-refractivity contribution in [2.75, 3.05) is 37.7 Å². The van der Waals surface area contributed by atoms with Crippen molar-refractivity contribution < 1.29 is 13.9 Å². The smallest absolute Gasteiger partial charge is 0.253 e. The molecule has 224 valence electrons. The van der Waals surface area contributed by atoms with Crippen LogP contribution in [0, 0.1) is 20.8 Å². The van der Waals surface area contributed by atoms with Crippen LogP contribution in [0.15, 0.2) is 47.3 Å². The van der Waals surface area contributed by atoms with Crippen molar-refractivity contribution in [1.82, 2.24) is 15.2 Å². The van der Waals surface area contributed by atoms with E-state index in [0.717, 1.165) is 84.9 Å². The number of aromatic amines is 1. The van der Waals surface area contributed by atoms with Gasteiger partial charge in [-0.2, -0.15) is 0 Å². The molecule has 0 aliphatic carbocycles. The third-order valence-corrected chi connectivity index (χ3v) is 8.73. The van der Waals surface area contributed by atoms with Crippen LogP contribution < -0.4 is 15.8 Å². The van der Waals surface area contributed by atoms with Crippen LogP contribution in [-0.2, 0) is 17.8 Å². The lowest BCUT2D eigenvalue weighted by atomic mass is 9.94. The highest BCUT2D eigenvalue weighted by atomic mass is 19.1. The zero-order valence-corrected chi connectivity index (χ0v) is 25.3. The van der Waals surface area contributed by atoms with E-state index in [1.165, 1.54) is 0 Å². The summed E-state index contributed by atoms with van der Waals surface area (Å²) in [4.78, 5) is 33.7. The number of rotatable bonds is 9. The minimum absolute atomic E-state index is 0.154. The first-order chi connectivity index (χ1) is 20.2. The monoisotopic (exact) mass is 574 g/mol. The molecule has 0 bridgehead atoms. The number of carbonyl (C=O) groups excluding carboxylic acids is 1. The number of H-pyrrole nitrogens is 1. The Labute approximate surface area is 248 Å². The number of hydrogen-bond donors (Lipinski definition) is 2. The van der Waals surface area contributed by atoms with Gasteiger partial charge in [0.1, 0.15) is 6.17 Å². The van der Waals surface area contributed by atoms with Crippen LogP contribution in [0.2, 0.25) is 0 Å². The zero-order valence-electron chi connectivity index (χ0n) is 25.3. The number of aromatic nitrogens is 1. The second kappa shape index (κ2) is 13.2. The van der Waals surface area contributed by atoms with Crippen molar-refractivity contribution in [3.63, 3.8) is 0 Å². The lowest BCUT2D eigenvalue weighted by Gasteiger charge is -2.37. The van der Waals surface area contributed by atoms with Gasteiger partial charge in [0.15, 0.2) is 0 Å². The molecule has 2 aliphatic rings. The molecule has 8 heteroatoms. The summed E-state index contributed by atoms with van der Waals surface area (Å²) in [6.07, 6.45) is 1.76. The third kappa shape index (κ3) is 6.76. The quantitative estimate of drug-likeness (QED) is 0.356. The van der Waals surface area contributed by atoms with Crippen LogP contribution in [0.5, 0.6) is 0 Å². The summed E-state index contributed by atoms with van der Waals surface area (Å²) in [5, 5.41) is 3.02. The van der Waals surface area contributed by atoms with Crippen molar-refractivity contribution in [3.05, 3.63) is 86.3 Å². The Hall–Kier alpha value is -3.49. The van der Waals surface area contributed by atoms with Gasteiger partial charge in [-0.25, -0.2) is 4.39 Å². The maximum absolute atomic E-state index is 13.7. The number of amides is 1. The summed E-state index contributed by atoms with van der Waals surface area (Å²) in [6.45, 7) is 12.4. The van der Waals surface area contributed by atoms with Gasteiger partial charge in [-0.15, -0.1) is 0 Å². The minimum atomic E-state index is -0.731. The van der Waals surface area contributed by atoms with Crippen molar-refractivity contribution in [2.24, 2.45) is 0 Å². The third-order valence-electron chi connectivity index (χ3n) is 8.73. The summed E-state index contributed by atoms with van der Waals surface area (Å²) < 4.78 is 19.3. The first-order valence-electron chi connectivity index (χ1n) is 15.2. The van der Waals surface area contributed by atoms with Crippen molar-refractivity contribution >= 4 is 11.6 Å². The Balaban J connectivity index is 1.46. The summed E-state index contributed by atoms with van der Waals surface area (Å²) in [5.74, 6) is -0.204. The van der Waals surface area contributed by atoms with E-state index in [1.54, 1.807) is 0 Å². The fourth-order valence-corrected chi connectivity index (χ4v) is 6.38. The Morgan fingerprint density at radius 3 is 2.45 bits per heavy atom. The number of nitrogens with zero attached hydrogens (tertiary/aromatic N) is 2. The number of nitrogens with one attached hydrogen (secondary N) is 2. The molecule has 1 aromatic heterocycles. The van der Waals surface area contributed by atoms with Gasteiger partial charge < -0.3 is 19.9 Å². The van der Waals surface area contributed by atoms with Crippen LogP contribution in [0.3, 0.4) is 0 Å². The van der Waals surface area contributed by atoms with Crippen LogP contribution in [0.25, 0.3) is 11.1 Å². The standard InChI is InChI=1S/C34H43FN4O3/c1-5-39(29-11-14-42-15-12-29)32-18-27(26-8-6-25(7-9-26)20-38-13-10-28(35)21-38)17-30(24(32)4)33(40)36-19-31-22(2)16-23(3)37-34(31)41/h6-9,16-18,28-29H,5,10-15,19-21H2,1-4H3,(H,36,40)(H,37,41)/t28-/m1/s1. The summed E-state index contributed by atoms with van der Waals surface area (Å²) in [6, 6.07) is 14.8. The molecule has 0 radical (unpaired) electrons. The van der Waals surface area contributed by atoms with Crippen LogP contribution in [0.1, 0.15) is 64.5 Å². The first-order valence-corrected chi connectivity index (χ1v) is 15.2. The minimum Gasteiger partial charge on any atom is -0.381 e. The van der Waals surface area contributed by atoms with Crippen molar-refractivity contribution in [1.29, 1.82) is 0 Å². The molecule has 2 saturated heterocycles. The molecule has 3 heterocycles. The molecule has 2 aromatic carbocycles. The SMILES string of the molecule is CCN(c1cc(-c2ccc(CN3CC[C@@H](F)C3)cc2)cc(C(=O)NCc2c(C)cc(C)[nH]c2=O)c1C)C1CCOCC1. The number of alkyl halides is 1. The maximum atomic E-state index is 13.7. The number of ether oxygens (including phenoxy) is 1. The summed E-state index contributed by atoms with van der Waals surface area (Å²) in [5.41, 5.74) is 7.75. The molecule has 3 aromatic rings. The molecular weight excluding hydrogens is 531 g/mol. The highest BCUT2D eigenvalue weighted by Gasteiger charge is 2.25. The number of halogens is 1. The van der Waals surface area contributed by atoms with E-state index in [-0.39, 0.29) is 18.0 Å². The molecule has 2 fully saturated rings. The van der Waals surface area contributed by atoms with Crippen LogP contribution in [-0.4, -0.2) is 60.9 Å². The number of pyridine rings is 1. The average Bonchev–Trinajstić information content (AvgIpc) is 3.38. The Morgan fingerprint density at radius 2 is 1.81 bits per heavy atom. The molecule has 0 unspecified atom stereocenters. The molecule has 1 atom stereocenters. The van der Waals surface area contributed by atoms with E-state index < -0.39 is 6.17 Å². The van der Waals surface area contributed by atoms with Crippen molar-refractivity contribution in [3.8, 4) is 11.1 Å². The molecule has 7 nitrogen and oxygen atoms in total. The zero-order chi connectivity index (χ0) is 29.8. The molecule has 0 spiro atoms. The number of hydrogen-bond acceptors (Lipinski definition) is 5. The van der Waals surface area contributed by atoms with Gasteiger partial charge in [0.2, 0.25) is 0 Å². The van der Waals surface area contributed by atoms with E-state index in [2.05, 4.69) is 57.4 Å². The van der Waals surface area contributed by atoms with E-state index in [4.69, 9.17) is 4.74 Å². The number of benzene rings is 2. The second-order valence-corrected chi connectivity index (χ2v) is 11.7. The van der Waals surface area contributed by atoms with Gasteiger partial charge in [0.25, 0.3) is 11.5 Å². The van der Waals surface area contributed by atoms with Gasteiger partial charge in [0, 0.05) is 74.5 Å². The van der Waals surface area contributed by atoms with E-state index >= 15 is 0 Å². The molecule has 2 N–H and O–H groups in total. The maximum Gasteiger partial charge on any atom is 0.253 e. The normalized spacial score (nSPS) is 17.9. The van der Waals surface area contributed by atoms with E-state index in [1.807, 2.05) is 32.9 Å². The van der Waals surface area contributed by atoms with Gasteiger partial charge in [-0.05, 0) is 93.0 Å². The molecule has 0 saturated carbocycles. The molecule has 42 heavy (non-hydrogen) atoms. The average molecular weight is 575 g/mol. The van der Waals surface area contributed by atoms with E-state index in [0.29, 0.717) is 30.1 Å². The lowest BCUT2D eigenvalue weighted by molar-refractivity contribution is 0.0846. The summed E-state index contributed by atoms with van der Waals surface area (Å²) >= 11 is 0. The van der Waals surface area contributed by atoms with Crippen LogP contribution >= 0.6 is 0 Å². The number of aryl methyl sites for hydroxylation is 2. The van der Waals surface area contributed by atoms with E-state index in [9.17, 15) is 14.0 Å². The lowest BCUT2D eigenvalue weighted by Crippen LogP contribution is -2.40. The van der Waals surface area contributed by atoms with Gasteiger partial charge in [-0.3, -0.25) is 14.5 Å². The van der Waals surface area contributed by atoms with Gasteiger partial charge >= 0.3 is 0 Å². The number of likely N-dealkylation sites (tertiary alicyclic amines) is 1. The fourth-order valence-electron chi connectivity index (χ4n) is 6.38. The van der Waals surface area contributed by atoms with Gasteiger partial charge in [0.05, 0.1) is 0 Å².